The van der Waals surface area contributed by atoms with Gasteiger partial charge in [-0.25, -0.2) is 4.79 Å². The summed E-state index contributed by atoms with van der Waals surface area (Å²) in [5.41, 5.74) is 2.19. The molecular formula is C22H25N3O3. The number of urea groups is 1. The maximum Gasteiger partial charge on any atom is 0.326 e. The summed E-state index contributed by atoms with van der Waals surface area (Å²) in [6.07, 6.45) is 1.41. The summed E-state index contributed by atoms with van der Waals surface area (Å²) >= 11 is 0. The second kappa shape index (κ2) is 9.17. The standard InChI is InChI=1S/C22H25N3O3/c1-24-16-21(27)25(22(24)28)14-8-13-20(26)23-19(18-11-6-3-7-12-18)15-17-9-4-2-5-10-17/h2-7,9-12,19H,8,13-16H2,1H3,(H,23,26). The molecule has 0 aliphatic carbocycles. The van der Waals surface area contributed by atoms with E-state index in [2.05, 4.69) is 5.32 Å². The molecule has 3 rings (SSSR count). The van der Waals surface area contributed by atoms with Crippen molar-refractivity contribution in [3.05, 3.63) is 71.8 Å². The van der Waals surface area contributed by atoms with E-state index in [0.717, 1.165) is 11.1 Å². The lowest BCUT2D eigenvalue weighted by Crippen LogP contribution is -2.34. The normalized spacial score (nSPS) is 15.0. The predicted molar refractivity (Wildman–Crippen MR) is 106 cm³/mol. The van der Waals surface area contributed by atoms with Crippen molar-refractivity contribution in [1.82, 2.24) is 15.1 Å². The minimum absolute atomic E-state index is 0.0859. The van der Waals surface area contributed by atoms with Crippen molar-refractivity contribution in [2.24, 2.45) is 0 Å². The van der Waals surface area contributed by atoms with Crippen LogP contribution in [0.3, 0.4) is 0 Å². The van der Waals surface area contributed by atoms with Crippen LogP contribution in [-0.2, 0) is 16.0 Å². The molecule has 1 aliphatic heterocycles. The molecule has 1 heterocycles. The Morgan fingerprint density at radius 1 is 1.04 bits per heavy atom. The molecule has 1 aliphatic rings. The molecule has 146 valence electrons. The number of likely N-dealkylation sites (N-methyl/N-ethyl adjacent to an activating group) is 1. The van der Waals surface area contributed by atoms with Crippen LogP contribution >= 0.6 is 0 Å². The molecule has 1 unspecified atom stereocenters. The molecule has 6 heteroatoms. The van der Waals surface area contributed by atoms with Crippen LogP contribution in [-0.4, -0.2) is 47.8 Å². The van der Waals surface area contributed by atoms with Crippen LogP contribution in [0.4, 0.5) is 4.79 Å². The Kier molecular flexibility index (Phi) is 6.42. The number of carbonyl (C=O) groups excluding carboxylic acids is 3. The van der Waals surface area contributed by atoms with Gasteiger partial charge in [0.2, 0.25) is 11.8 Å². The molecule has 1 fully saturated rings. The number of hydrogen-bond acceptors (Lipinski definition) is 3. The highest BCUT2D eigenvalue weighted by Crippen LogP contribution is 2.19. The van der Waals surface area contributed by atoms with E-state index >= 15 is 0 Å². The average molecular weight is 379 g/mol. The first-order chi connectivity index (χ1) is 13.5. The lowest BCUT2D eigenvalue weighted by atomic mass is 9.98. The highest BCUT2D eigenvalue weighted by Gasteiger charge is 2.32. The molecule has 28 heavy (non-hydrogen) atoms. The maximum absolute atomic E-state index is 12.5. The van der Waals surface area contributed by atoms with Crippen molar-refractivity contribution in [3.8, 4) is 0 Å². The molecule has 4 amide bonds. The lowest BCUT2D eigenvalue weighted by Gasteiger charge is -2.20. The Balaban J connectivity index is 1.57. The Morgan fingerprint density at radius 2 is 1.68 bits per heavy atom. The van der Waals surface area contributed by atoms with Gasteiger partial charge in [-0.2, -0.15) is 0 Å². The molecule has 6 nitrogen and oxygen atoms in total. The highest BCUT2D eigenvalue weighted by molar-refractivity contribution is 6.01. The van der Waals surface area contributed by atoms with Crippen molar-refractivity contribution in [2.75, 3.05) is 20.1 Å². The Labute approximate surface area is 165 Å². The molecule has 0 saturated carbocycles. The number of benzene rings is 2. The minimum atomic E-state index is -0.295. The number of hydrogen-bond donors (Lipinski definition) is 1. The first kappa shape index (κ1) is 19.6. The molecule has 2 aromatic carbocycles. The fourth-order valence-electron chi connectivity index (χ4n) is 3.34. The number of rotatable bonds is 8. The van der Waals surface area contributed by atoms with Gasteiger partial charge in [-0.1, -0.05) is 60.7 Å². The number of amides is 4. The zero-order chi connectivity index (χ0) is 19.9. The summed E-state index contributed by atoms with van der Waals surface area (Å²) in [6, 6.07) is 19.5. The summed E-state index contributed by atoms with van der Waals surface area (Å²) in [4.78, 5) is 38.8. The van der Waals surface area contributed by atoms with Crippen LogP contribution in [0, 0.1) is 0 Å². The fourth-order valence-corrected chi connectivity index (χ4v) is 3.34. The van der Waals surface area contributed by atoms with E-state index in [4.69, 9.17) is 0 Å². The van der Waals surface area contributed by atoms with Crippen molar-refractivity contribution >= 4 is 17.8 Å². The van der Waals surface area contributed by atoms with Crippen LogP contribution in [0.25, 0.3) is 0 Å². The molecular weight excluding hydrogens is 354 g/mol. The zero-order valence-corrected chi connectivity index (χ0v) is 16.0. The minimum Gasteiger partial charge on any atom is -0.349 e. The summed E-state index contributed by atoms with van der Waals surface area (Å²) in [6.45, 7) is 0.377. The third-order valence-corrected chi connectivity index (χ3v) is 4.84. The first-order valence-corrected chi connectivity index (χ1v) is 9.48. The second-order valence-corrected chi connectivity index (χ2v) is 7.01. The quantitative estimate of drug-likeness (QED) is 0.717. The van der Waals surface area contributed by atoms with Crippen LogP contribution in [0.15, 0.2) is 60.7 Å². The monoisotopic (exact) mass is 379 g/mol. The Morgan fingerprint density at radius 3 is 2.29 bits per heavy atom. The lowest BCUT2D eigenvalue weighted by molar-refractivity contribution is -0.126. The third kappa shape index (κ3) is 4.97. The highest BCUT2D eigenvalue weighted by atomic mass is 16.2. The van der Waals surface area contributed by atoms with Gasteiger partial charge in [0, 0.05) is 20.0 Å². The van der Waals surface area contributed by atoms with Crippen LogP contribution in [0.1, 0.15) is 30.0 Å². The summed E-state index contributed by atoms with van der Waals surface area (Å²) < 4.78 is 0. The zero-order valence-electron chi connectivity index (χ0n) is 16.0. The van der Waals surface area contributed by atoms with Crippen LogP contribution in [0.2, 0.25) is 0 Å². The van der Waals surface area contributed by atoms with Gasteiger partial charge in [-0.3, -0.25) is 14.5 Å². The number of nitrogens with one attached hydrogen (secondary N) is 1. The number of carbonyl (C=O) groups is 3. The van der Waals surface area contributed by atoms with Gasteiger partial charge in [-0.15, -0.1) is 0 Å². The molecule has 1 saturated heterocycles. The summed E-state index contributed by atoms with van der Waals surface area (Å²) in [5, 5.41) is 3.10. The van der Waals surface area contributed by atoms with Crippen molar-refractivity contribution in [2.45, 2.75) is 25.3 Å². The molecule has 1 atom stereocenters. The SMILES string of the molecule is CN1CC(=O)N(CCCC(=O)NC(Cc2ccccc2)c2ccccc2)C1=O. The van der Waals surface area contributed by atoms with Gasteiger partial charge in [0.15, 0.2) is 0 Å². The van der Waals surface area contributed by atoms with E-state index in [1.807, 2.05) is 60.7 Å². The van der Waals surface area contributed by atoms with E-state index in [1.165, 1.54) is 9.80 Å². The topological polar surface area (TPSA) is 69.7 Å². The van der Waals surface area contributed by atoms with Gasteiger partial charge in [0.1, 0.15) is 6.54 Å². The smallest absolute Gasteiger partial charge is 0.326 e. The third-order valence-electron chi connectivity index (χ3n) is 4.84. The van der Waals surface area contributed by atoms with Gasteiger partial charge >= 0.3 is 6.03 Å². The van der Waals surface area contributed by atoms with Gasteiger partial charge in [0.25, 0.3) is 0 Å². The van der Waals surface area contributed by atoms with Gasteiger partial charge in [-0.05, 0) is 24.0 Å². The summed E-state index contributed by atoms with van der Waals surface area (Å²) in [5.74, 6) is -0.295. The molecule has 0 radical (unpaired) electrons. The first-order valence-electron chi connectivity index (χ1n) is 9.48. The van der Waals surface area contributed by atoms with Crippen LogP contribution in [0.5, 0.6) is 0 Å². The molecule has 2 aromatic rings. The molecule has 0 bridgehead atoms. The fraction of sp³-hybridized carbons (Fsp3) is 0.318. The Hall–Kier alpha value is -3.15. The van der Waals surface area contributed by atoms with E-state index < -0.39 is 0 Å². The maximum atomic E-state index is 12.5. The van der Waals surface area contributed by atoms with Gasteiger partial charge in [0.05, 0.1) is 6.04 Å². The van der Waals surface area contributed by atoms with E-state index in [9.17, 15) is 14.4 Å². The van der Waals surface area contributed by atoms with E-state index in [0.29, 0.717) is 12.8 Å². The largest absolute Gasteiger partial charge is 0.349 e. The van der Waals surface area contributed by atoms with Gasteiger partial charge < -0.3 is 10.2 Å². The number of imide groups is 1. The summed E-state index contributed by atoms with van der Waals surface area (Å²) in [7, 11) is 1.60. The number of nitrogens with zero attached hydrogens (tertiary/aromatic N) is 2. The van der Waals surface area contributed by atoms with Crippen molar-refractivity contribution in [1.29, 1.82) is 0 Å². The molecule has 0 spiro atoms. The molecule has 1 N–H and O–H groups in total. The Bertz CT molecular complexity index is 823. The van der Waals surface area contributed by atoms with Crippen LogP contribution < -0.4 is 5.32 Å². The predicted octanol–water partition coefficient (Wildman–Crippen LogP) is 2.76. The second-order valence-electron chi connectivity index (χ2n) is 7.01. The van der Waals surface area contributed by atoms with Crippen molar-refractivity contribution < 1.29 is 14.4 Å². The van der Waals surface area contributed by atoms with E-state index in [-0.39, 0.29) is 43.4 Å². The average Bonchev–Trinajstić information content (AvgIpc) is 2.95. The van der Waals surface area contributed by atoms with Crippen molar-refractivity contribution in [3.63, 3.8) is 0 Å². The molecule has 0 aromatic heterocycles. The van der Waals surface area contributed by atoms with E-state index in [1.54, 1.807) is 7.05 Å².